The van der Waals surface area contributed by atoms with Gasteiger partial charge in [0.25, 0.3) is 0 Å². The number of hydrogen-bond acceptors (Lipinski definition) is 4. The normalized spacial score (nSPS) is 13.1. The third kappa shape index (κ3) is 13.7. The van der Waals surface area contributed by atoms with Crippen LogP contribution in [0.1, 0.15) is 84.0 Å². The van der Waals surface area contributed by atoms with Crippen molar-refractivity contribution >= 4 is 16.0 Å². The summed E-state index contributed by atoms with van der Waals surface area (Å²) < 4.78 is 26.2. The zero-order valence-electron chi connectivity index (χ0n) is 15.1. The Morgan fingerprint density at radius 1 is 0.958 bits per heavy atom. The maximum absolute atomic E-state index is 11.9. The Kier molecular flexibility index (Phi) is 14.3. The van der Waals surface area contributed by atoms with Crippen LogP contribution in [0.15, 0.2) is 0 Å². The van der Waals surface area contributed by atoms with E-state index in [9.17, 15) is 13.2 Å². The van der Waals surface area contributed by atoms with E-state index in [1.54, 1.807) is 0 Å². The maximum atomic E-state index is 11.9. The van der Waals surface area contributed by atoms with Crippen LogP contribution >= 0.6 is 0 Å². The molecular weight excluding hydrogens is 328 g/mol. The van der Waals surface area contributed by atoms with Crippen molar-refractivity contribution in [2.45, 2.75) is 90.0 Å². The number of rotatable bonds is 17. The van der Waals surface area contributed by atoms with Crippen molar-refractivity contribution in [3.05, 3.63) is 0 Å². The molecule has 4 N–H and O–H groups in total. The molecule has 0 aliphatic rings. The second kappa shape index (κ2) is 14.7. The first-order valence-corrected chi connectivity index (χ1v) is 11.0. The zero-order valence-corrected chi connectivity index (χ0v) is 16.0. The third-order valence-corrected chi connectivity index (χ3v) is 5.55. The highest BCUT2D eigenvalue weighted by Crippen LogP contribution is 2.11. The van der Waals surface area contributed by atoms with E-state index in [2.05, 4.69) is 11.6 Å². The number of unbranched alkanes of at least 4 members (excludes halogenated alkanes) is 9. The number of sulfonamides is 1. The Balaban J connectivity index is 3.78. The number of aliphatic carboxylic acids is 1. The largest absolute Gasteiger partial charge is 0.480 e. The third-order valence-electron chi connectivity index (χ3n) is 4.08. The fraction of sp³-hybridized carbons (Fsp3) is 0.941. The highest BCUT2D eigenvalue weighted by molar-refractivity contribution is 7.89. The summed E-state index contributed by atoms with van der Waals surface area (Å²) in [5, 5.41) is 9.04. The molecule has 0 amide bonds. The molecule has 0 radical (unpaired) electrons. The molecule has 6 nitrogen and oxygen atoms in total. The predicted molar refractivity (Wildman–Crippen MR) is 98.5 cm³/mol. The van der Waals surface area contributed by atoms with Gasteiger partial charge in [0.2, 0.25) is 10.0 Å². The number of hydrogen-bond donors (Lipinski definition) is 3. The van der Waals surface area contributed by atoms with Gasteiger partial charge >= 0.3 is 5.97 Å². The molecule has 0 rings (SSSR count). The average molecular weight is 365 g/mol. The van der Waals surface area contributed by atoms with Crippen molar-refractivity contribution < 1.29 is 18.3 Å². The lowest BCUT2D eigenvalue weighted by Gasteiger charge is -2.14. The molecule has 0 aromatic carbocycles. The minimum atomic E-state index is -3.54. The second-order valence-electron chi connectivity index (χ2n) is 6.44. The summed E-state index contributed by atoms with van der Waals surface area (Å²) in [6.45, 7) is 2.56. The lowest BCUT2D eigenvalue weighted by molar-refractivity contribution is -0.139. The molecule has 0 spiro atoms. The fourth-order valence-corrected chi connectivity index (χ4v) is 3.96. The molecule has 0 aromatic heterocycles. The summed E-state index contributed by atoms with van der Waals surface area (Å²) in [5.74, 6) is -1.15. The fourth-order valence-electron chi connectivity index (χ4n) is 2.61. The summed E-state index contributed by atoms with van der Waals surface area (Å²) in [5.41, 5.74) is 5.34. The molecule has 0 aromatic rings. The van der Waals surface area contributed by atoms with Crippen LogP contribution in [0.25, 0.3) is 0 Å². The van der Waals surface area contributed by atoms with Crippen LogP contribution in [-0.2, 0) is 14.8 Å². The van der Waals surface area contributed by atoms with Gasteiger partial charge in [0.15, 0.2) is 0 Å². The van der Waals surface area contributed by atoms with E-state index >= 15 is 0 Å². The van der Waals surface area contributed by atoms with E-state index in [4.69, 9.17) is 10.8 Å². The SMILES string of the molecule is CCCCCCCCCCCCS(=O)(=O)N[C@@H](CCCN)C(=O)O. The second-order valence-corrected chi connectivity index (χ2v) is 8.31. The summed E-state index contributed by atoms with van der Waals surface area (Å²) in [7, 11) is -3.54. The standard InChI is InChI=1S/C17H36N2O4S/c1-2-3-4-5-6-7-8-9-10-11-15-24(22,23)19-16(17(20)21)13-12-14-18/h16,19H,2-15,18H2,1H3,(H,20,21)/t16-/m0/s1. The Morgan fingerprint density at radius 2 is 1.46 bits per heavy atom. The minimum absolute atomic E-state index is 0.00406. The van der Waals surface area contributed by atoms with Gasteiger partial charge in [-0.1, -0.05) is 64.7 Å². The molecule has 144 valence electrons. The lowest BCUT2D eigenvalue weighted by Crippen LogP contribution is -2.42. The van der Waals surface area contributed by atoms with Gasteiger partial charge in [0.1, 0.15) is 6.04 Å². The van der Waals surface area contributed by atoms with Crippen molar-refractivity contribution in [2.24, 2.45) is 5.73 Å². The van der Waals surface area contributed by atoms with E-state index in [0.29, 0.717) is 19.4 Å². The summed E-state index contributed by atoms with van der Waals surface area (Å²) in [4.78, 5) is 11.1. The van der Waals surface area contributed by atoms with Gasteiger partial charge in [-0.2, -0.15) is 0 Å². The zero-order chi connectivity index (χ0) is 18.3. The van der Waals surface area contributed by atoms with Gasteiger partial charge in [0.05, 0.1) is 5.75 Å². The molecule has 0 aliphatic heterocycles. The van der Waals surface area contributed by atoms with E-state index in [0.717, 1.165) is 19.3 Å². The van der Waals surface area contributed by atoms with Gasteiger partial charge in [-0.25, -0.2) is 13.1 Å². The number of nitrogens with two attached hydrogens (primary N) is 1. The molecule has 0 heterocycles. The van der Waals surface area contributed by atoms with Crippen LogP contribution < -0.4 is 10.5 Å². The highest BCUT2D eigenvalue weighted by atomic mass is 32.2. The van der Waals surface area contributed by atoms with Gasteiger partial charge in [0, 0.05) is 0 Å². The van der Waals surface area contributed by atoms with Gasteiger partial charge in [-0.05, 0) is 25.8 Å². The monoisotopic (exact) mass is 364 g/mol. The van der Waals surface area contributed by atoms with E-state index < -0.39 is 22.0 Å². The smallest absolute Gasteiger partial charge is 0.321 e. The molecule has 0 unspecified atom stereocenters. The molecule has 0 bridgehead atoms. The topological polar surface area (TPSA) is 109 Å². The Morgan fingerprint density at radius 3 is 1.92 bits per heavy atom. The number of nitrogens with one attached hydrogen (secondary N) is 1. The molecule has 0 aliphatic carbocycles. The van der Waals surface area contributed by atoms with Gasteiger partial charge in [-0.15, -0.1) is 0 Å². The van der Waals surface area contributed by atoms with Crippen molar-refractivity contribution in [3.63, 3.8) is 0 Å². The van der Waals surface area contributed by atoms with Crippen molar-refractivity contribution in [1.29, 1.82) is 0 Å². The van der Waals surface area contributed by atoms with Crippen LogP contribution in [0.2, 0.25) is 0 Å². The van der Waals surface area contributed by atoms with E-state index in [1.807, 2.05) is 0 Å². The van der Waals surface area contributed by atoms with Crippen LogP contribution in [0.3, 0.4) is 0 Å². The average Bonchev–Trinajstić information content (AvgIpc) is 2.53. The minimum Gasteiger partial charge on any atom is -0.480 e. The molecule has 7 heteroatoms. The number of carboxylic acid groups (broad SMARTS) is 1. The van der Waals surface area contributed by atoms with Crippen LogP contribution in [0.4, 0.5) is 0 Å². The Labute approximate surface area is 147 Å². The Bertz CT molecular complexity index is 413. The molecule has 24 heavy (non-hydrogen) atoms. The van der Waals surface area contributed by atoms with Crippen LogP contribution in [-0.4, -0.2) is 37.8 Å². The lowest BCUT2D eigenvalue weighted by atomic mass is 10.1. The first-order valence-electron chi connectivity index (χ1n) is 9.35. The first-order chi connectivity index (χ1) is 11.4. The van der Waals surface area contributed by atoms with Gasteiger partial charge < -0.3 is 10.8 Å². The molecule has 1 atom stereocenters. The molecular formula is C17H36N2O4S. The number of carboxylic acids is 1. The molecule has 0 saturated carbocycles. The van der Waals surface area contributed by atoms with Crippen molar-refractivity contribution in [1.82, 2.24) is 4.72 Å². The van der Waals surface area contributed by atoms with Crippen LogP contribution in [0, 0.1) is 0 Å². The summed E-state index contributed by atoms with van der Waals surface area (Å²) in [6.07, 6.45) is 12.0. The summed E-state index contributed by atoms with van der Waals surface area (Å²) >= 11 is 0. The highest BCUT2D eigenvalue weighted by Gasteiger charge is 2.22. The molecule has 0 saturated heterocycles. The van der Waals surface area contributed by atoms with Gasteiger partial charge in [-0.3, -0.25) is 4.79 Å². The molecule has 0 fully saturated rings. The summed E-state index contributed by atoms with van der Waals surface area (Å²) in [6, 6.07) is -1.07. The predicted octanol–water partition coefficient (Wildman–Crippen LogP) is 3.02. The van der Waals surface area contributed by atoms with Crippen LogP contribution in [0.5, 0.6) is 0 Å². The maximum Gasteiger partial charge on any atom is 0.321 e. The van der Waals surface area contributed by atoms with Crippen molar-refractivity contribution in [2.75, 3.05) is 12.3 Å². The van der Waals surface area contributed by atoms with Crippen molar-refractivity contribution in [3.8, 4) is 0 Å². The van der Waals surface area contributed by atoms with E-state index in [1.165, 1.54) is 38.5 Å². The Hall–Kier alpha value is -0.660. The number of carbonyl (C=O) groups is 1. The quantitative estimate of drug-likeness (QED) is 0.344. The van der Waals surface area contributed by atoms with E-state index in [-0.39, 0.29) is 12.2 Å². The first kappa shape index (κ1) is 23.3.